The van der Waals surface area contributed by atoms with Crippen LogP contribution in [0.5, 0.6) is 0 Å². The minimum atomic E-state index is -1.21. The van der Waals surface area contributed by atoms with Crippen LogP contribution in [0.25, 0.3) is 10.6 Å². The van der Waals surface area contributed by atoms with Crippen molar-refractivity contribution in [3.63, 3.8) is 0 Å². The summed E-state index contributed by atoms with van der Waals surface area (Å²) in [4.78, 5) is 25.4. The van der Waals surface area contributed by atoms with Crippen LogP contribution in [0.4, 0.5) is 0 Å². The summed E-state index contributed by atoms with van der Waals surface area (Å²) >= 11 is 1.48. The predicted octanol–water partition coefficient (Wildman–Crippen LogP) is 1.80. The molecule has 0 fully saturated rings. The Labute approximate surface area is 88.8 Å². The summed E-state index contributed by atoms with van der Waals surface area (Å²) in [5.41, 5.74) is -0.177. The van der Waals surface area contributed by atoms with Crippen LogP contribution in [-0.4, -0.2) is 16.1 Å². The van der Waals surface area contributed by atoms with E-state index in [0.717, 1.165) is 4.88 Å². The maximum absolute atomic E-state index is 11.3. The van der Waals surface area contributed by atoms with Gasteiger partial charge in [0.05, 0.1) is 10.6 Å². The van der Waals surface area contributed by atoms with Gasteiger partial charge in [-0.25, -0.2) is 4.79 Å². The highest BCUT2D eigenvalue weighted by Gasteiger charge is 2.09. The Morgan fingerprint density at radius 1 is 1.33 bits per heavy atom. The predicted molar refractivity (Wildman–Crippen MR) is 57.3 cm³/mol. The lowest BCUT2D eigenvalue weighted by atomic mass is 10.2. The highest BCUT2D eigenvalue weighted by atomic mass is 32.1. The van der Waals surface area contributed by atoms with Crippen molar-refractivity contribution in [2.24, 2.45) is 0 Å². The zero-order valence-corrected chi connectivity index (χ0v) is 8.38. The quantitative estimate of drug-likeness (QED) is 0.812. The van der Waals surface area contributed by atoms with E-state index >= 15 is 0 Å². The molecule has 2 aromatic heterocycles. The number of aromatic carboxylic acids is 1. The molecule has 0 aliphatic heterocycles. The van der Waals surface area contributed by atoms with Gasteiger partial charge in [-0.2, -0.15) is 0 Å². The molecule has 0 aromatic carbocycles. The fourth-order valence-electron chi connectivity index (χ4n) is 1.22. The monoisotopic (exact) mass is 221 g/mol. The zero-order valence-electron chi connectivity index (χ0n) is 7.56. The molecule has 2 aromatic rings. The number of aromatic nitrogens is 1. The lowest BCUT2D eigenvalue weighted by molar-refractivity contribution is 0.0695. The maximum Gasteiger partial charge on any atom is 0.341 e. The van der Waals surface area contributed by atoms with Gasteiger partial charge in [0.15, 0.2) is 0 Å². The molecule has 0 saturated carbocycles. The van der Waals surface area contributed by atoms with Gasteiger partial charge < -0.3 is 10.1 Å². The van der Waals surface area contributed by atoms with Crippen molar-refractivity contribution in [3.05, 3.63) is 45.6 Å². The van der Waals surface area contributed by atoms with E-state index in [4.69, 9.17) is 5.11 Å². The zero-order chi connectivity index (χ0) is 10.8. The fourth-order valence-corrected chi connectivity index (χ4v) is 1.92. The Morgan fingerprint density at radius 3 is 2.67 bits per heavy atom. The van der Waals surface area contributed by atoms with Crippen LogP contribution in [0.3, 0.4) is 0 Å². The van der Waals surface area contributed by atoms with E-state index in [1.54, 1.807) is 6.07 Å². The van der Waals surface area contributed by atoms with Gasteiger partial charge in [0, 0.05) is 0 Å². The lowest BCUT2D eigenvalue weighted by Gasteiger charge is -1.98. The topological polar surface area (TPSA) is 70.2 Å². The number of hydrogen-bond acceptors (Lipinski definition) is 3. The Kier molecular flexibility index (Phi) is 2.39. The van der Waals surface area contributed by atoms with E-state index in [2.05, 4.69) is 4.98 Å². The van der Waals surface area contributed by atoms with E-state index in [9.17, 15) is 9.59 Å². The molecule has 0 aliphatic carbocycles. The molecule has 76 valence electrons. The van der Waals surface area contributed by atoms with Gasteiger partial charge in [0.1, 0.15) is 5.56 Å². The molecule has 5 heteroatoms. The summed E-state index contributed by atoms with van der Waals surface area (Å²) in [5.74, 6) is -1.21. The number of nitrogens with one attached hydrogen (secondary N) is 1. The Balaban J connectivity index is 2.52. The number of carboxylic acid groups (broad SMARTS) is 1. The van der Waals surface area contributed by atoms with Crippen molar-refractivity contribution in [1.29, 1.82) is 0 Å². The standard InChI is InChI=1S/C10H7NO3S/c12-9-6(10(13)14)3-4-7(11-9)8-2-1-5-15-8/h1-5H,(H,11,12)(H,13,14). The summed E-state index contributed by atoms with van der Waals surface area (Å²) < 4.78 is 0. The second kappa shape index (κ2) is 3.70. The SMILES string of the molecule is O=C(O)c1ccc(-c2cccs2)[nH]c1=O. The average molecular weight is 221 g/mol. The molecule has 0 atom stereocenters. The van der Waals surface area contributed by atoms with Crippen LogP contribution in [0.1, 0.15) is 10.4 Å². The van der Waals surface area contributed by atoms with Crippen LogP contribution in [0, 0.1) is 0 Å². The van der Waals surface area contributed by atoms with Gasteiger partial charge in [-0.1, -0.05) is 6.07 Å². The third-order valence-corrected chi connectivity index (χ3v) is 2.83. The molecule has 4 nitrogen and oxygen atoms in total. The summed E-state index contributed by atoms with van der Waals surface area (Å²) in [6, 6.07) is 6.63. The molecule has 2 N–H and O–H groups in total. The van der Waals surface area contributed by atoms with Crippen LogP contribution < -0.4 is 5.56 Å². The van der Waals surface area contributed by atoms with Gasteiger partial charge in [-0.3, -0.25) is 4.79 Å². The molecular weight excluding hydrogens is 214 g/mol. The van der Waals surface area contributed by atoms with E-state index in [-0.39, 0.29) is 5.56 Å². The molecule has 0 amide bonds. The van der Waals surface area contributed by atoms with Crippen LogP contribution in [0.2, 0.25) is 0 Å². The molecule has 0 aliphatic rings. The third-order valence-electron chi connectivity index (χ3n) is 1.93. The van der Waals surface area contributed by atoms with Crippen LogP contribution in [-0.2, 0) is 0 Å². The summed E-state index contributed by atoms with van der Waals surface area (Å²) in [6.45, 7) is 0. The first-order valence-corrected chi connectivity index (χ1v) is 5.07. The van der Waals surface area contributed by atoms with Crippen molar-refractivity contribution in [2.75, 3.05) is 0 Å². The number of carboxylic acids is 1. The number of hydrogen-bond donors (Lipinski definition) is 2. The molecular formula is C10H7NO3S. The van der Waals surface area contributed by atoms with Gasteiger partial charge in [-0.05, 0) is 23.6 Å². The van der Waals surface area contributed by atoms with E-state index in [0.29, 0.717) is 5.69 Å². The first-order valence-electron chi connectivity index (χ1n) is 4.19. The number of H-pyrrole nitrogens is 1. The number of thiophene rings is 1. The minimum absolute atomic E-state index is 0.240. The van der Waals surface area contributed by atoms with E-state index < -0.39 is 11.5 Å². The average Bonchev–Trinajstić information content (AvgIpc) is 2.69. The second-order valence-electron chi connectivity index (χ2n) is 2.90. The fraction of sp³-hybridized carbons (Fsp3) is 0. The first kappa shape index (κ1) is 9.67. The summed E-state index contributed by atoms with van der Waals surface area (Å²) in [5, 5.41) is 10.6. The van der Waals surface area contributed by atoms with Crippen molar-refractivity contribution in [2.45, 2.75) is 0 Å². The number of rotatable bonds is 2. The van der Waals surface area contributed by atoms with E-state index in [1.165, 1.54) is 17.4 Å². The maximum atomic E-state index is 11.3. The second-order valence-corrected chi connectivity index (χ2v) is 3.84. The normalized spacial score (nSPS) is 10.1. The third kappa shape index (κ3) is 1.82. The molecule has 0 bridgehead atoms. The highest BCUT2D eigenvalue weighted by Crippen LogP contribution is 2.21. The summed E-state index contributed by atoms with van der Waals surface area (Å²) in [6.07, 6.45) is 0. The van der Waals surface area contributed by atoms with Gasteiger partial charge in [-0.15, -0.1) is 11.3 Å². The van der Waals surface area contributed by atoms with Crippen molar-refractivity contribution >= 4 is 17.3 Å². The van der Waals surface area contributed by atoms with Gasteiger partial charge >= 0.3 is 5.97 Å². The van der Waals surface area contributed by atoms with Crippen molar-refractivity contribution < 1.29 is 9.90 Å². The van der Waals surface area contributed by atoms with Gasteiger partial charge in [0.25, 0.3) is 5.56 Å². The molecule has 2 rings (SSSR count). The molecule has 0 radical (unpaired) electrons. The first-order chi connectivity index (χ1) is 7.18. The minimum Gasteiger partial charge on any atom is -0.477 e. The van der Waals surface area contributed by atoms with Crippen molar-refractivity contribution in [1.82, 2.24) is 4.98 Å². The Bertz CT molecular complexity index is 542. The number of pyridine rings is 1. The molecule has 0 saturated heterocycles. The lowest BCUT2D eigenvalue weighted by Crippen LogP contribution is -2.17. The Morgan fingerprint density at radius 2 is 2.13 bits per heavy atom. The van der Waals surface area contributed by atoms with E-state index in [1.807, 2.05) is 17.5 Å². The number of carbonyl (C=O) groups is 1. The molecule has 0 spiro atoms. The highest BCUT2D eigenvalue weighted by molar-refractivity contribution is 7.13. The smallest absolute Gasteiger partial charge is 0.341 e. The van der Waals surface area contributed by atoms with Crippen LogP contribution >= 0.6 is 11.3 Å². The molecule has 2 heterocycles. The summed E-state index contributed by atoms with van der Waals surface area (Å²) in [7, 11) is 0. The largest absolute Gasteiger partial charge is 0.477 e. The van der Waals surface area contributed by atoms with Crippen molar-refractivity contribution in [3.8, 4) is 10.6 Å². The molecule has 15 heavy (non-hydrogen) atoms. The Hall–Kier alpha value is -1.88. The van der Waals surface area contributed by atoms with Gasteiger partial charge in [0.2, 0.25) is 0 Å². The number of aromatic amines is 1. The molecule has 0 unspecified atom stereocenters. The van der Waals surface area contributed by atoms with Crippen LogP contribution in [0.15, 0.2) is 34.4 Å².